The number of halogens is 1. The largest absolute Gasteiger partial charge is 0.357 e. The Kier molecular flexibility index (Phi) is 8.68. The third-order valence-corrected chi connectivity index (χ3v) is 6.20. The molecule has 1 heterocycles. The summed E-state index contributed by atoms with van der Waals surface area (Å²) >= 11 is 7.93. The number of nitrogens with zero attached hydrogens (tertiary/aromatic N) is 4. The van der Waals surface area contributed by atoms with Crippen molar-refractivity contribution in [2.45, 2.75) is 63.2 Å². The molecule has 8 heteroatoms. The summed E-state index contributed by atoms with van der Waals surface area (Å²) in [7, 11) is 0. The van der Waals surface area contributed by atoms with E-state index in [9.17, 15) is 0 Å². The number of aryl methyl sites for hydroxylation is 1. The molecule has 0 spiro atoms. The fourth-order valence-electron chi connectivity index (χ4n) is 3.73. The second-order valence-corrected chi connectivity index (χ2v) is 8.41. The fourth-order valence-corrected chi connectivity index (χ4v) is 4.50. The Morgan fingerprint density at radius 2 is 2.03 bits per heavy atom. The van der Waals surface area contributed by atoms with Crippen LogP contribution < -0.4 is 10.6 Å². The quantitative estimate of drug-likeness (QED) is 0.264. The predicted octanol–water partition coefficient (Wildman–Crippen LogP) is 4.46. The van der Waals surface area contributed by atoms with E-state index in [0.717, 1.165) is 53.5 Å². The molecule has 0 bridgehead atoms. The van der Waals surface area contributed by atoms with Crippen LogP contribution in [0.4, 0.5) is 0 Å². The normalized spacial score (nSPS) is 15.1. The molecule has 1 aliphatic carbocycles. The van der Waals surface area contributed by atoms with Crippen molar-refractivity contribution in [2.75, 3.05) is 19.3 Å². The maximum absolute atomic E-state index is 6.23. The predicted molar refractivity (Wildman–Crippen MR) is 122 cm³/mol. The molecule has 29 heavy (non-hydrogen) atoms. The Bertz CT molecular complexity index is 800. The number of aliphatic imine (C=N–C) groups is 1. The lowest BCUT2D eigenvalue weighted by molar-refractivity contribution is 0.460. The minimum Gasteiger partial charge on any atom is -0.357 e. The maximum Gasteiger partial charge on any atom is 0.191 e. The van der Waals surface area contributed by atoms with Crippen molar-refractivity contribution < 1.29 is 0 Å². The zero-order valence-corrected chi connectivity index (χ0v) is 18.9. The van der Waals surface area contributed by atoms with Crippen molar-refractivity contribution in [3.63, 3.8) is 0 Å². The van der Waals surface area contributed by atoms with Gasteiger partial charge in [0.2, 0.25) is 0 Å². The summed E-state index contributed by atoms with van der Waals surface area (Å²) in [5, 5.41) is 17.4. The van der Waals surface area contributed by atoms with E-state index in [1.807, 2.05) is 24.3 Å². The number of hydrogen-bond donors (Lipinski definition) is 2. The van der Waals surface area contributed by atoms with Crippen LogP contribution in [0.1, 0.15) is 56.5 Å². The highest BCUT2D eigenvalue weighted by atomic mass is 35.5. The number of thioether (sulfide) groups is 1. The lowest BCUT2D eigenvalue weighted by atomic mass is 10.2. The van der Waals surface area contributed by atoms with E-state index in [0.29, 0.717) is 12.6 Å². The smallest absolute Gasteiger partial charge is 0.191 e. The summed E-state index contributed by atoms with van der Waals surface area (Å²) in [4.78, 5) is 4.66. The second-order valence-electron chi connectivity index (χ2n) is 7.23. The van der Waals surface area contributed by atoms with Crippen LogP contribution in [0, 0.1) is 0 Å². The number of rotatable bonds is 9. The average molecular weight is 435 g/mol. The molecule has 6 nitrogen and oxygen atoms in total. The van der Waals surface area contributed by atoms with Crippen molar-refractivity contribution >= 4 is 29.3 Å². The van der Waals surface area contributed by atoms with Crippen LogP contribution in [0.5, 0.6) is 0 Å². The highest BCUT2D eigenvalue weighted by Crippen LogP contribution is 2.33. The first kappa shape index (κ1) is 22.0. The van der Waals surface area contributed by atoms with Gasteiger partial charge in [0.05, 0.1) is 6.54 Å². The first-order valence-electron chi connectivity index (χ1n) is 10.5. The Morgan fingerprint density at radius 3 is 2.76 bits per heavy atom. The molecule has 0 radical (unpaired) electrons. The average Bonchev–Trinajstić information content (AvgIpc) is 3.39. The Hall–Kier alpha value is -1.73. The second kappa shape index (κ2) is 11.5. The van der Waals surface area contributed by atoms with Crippen molar-refractivity contribution in [3.8, 4) is 0 Å². The first-order valence-corrected chi connectivity index (χ1v) is 12.1. The molecule has 2 N–H and O–H groups in total. The minimum absolute atomic E-state index is 0.558. The van der Waals surface area contributed by atoms with Gasteiger partial charge in [-0.25, -0.2) is 4.99 Å². The van der Waals surface area contributed by atoms with Gasteiger partial charge in [-0.1, -0.05) is 54.4 Å². The third-order valence-electron chi connectivity index (χ3n) is 5.19. The zero-order chi connectivity index (χ0) is 20.5. The van der Waals surface area contributed by atoms with Crippen LogP contribution >= 0.6 is 23.4 Å². The number of benzene rings is 1. The molecule has 0 saturated heterocycles. The molecule has 0 unspecified atom stereocenters. The van der Waals surface area contributed by atoms with Gasteiger partial charge in [0, 0.05) is 30.6 Å². The molecule has 0 aliphatic heterocycles. The van der Waals surface area contributed by atoms with E-state index in [2.05, 4.69) is 43.6 Å². The van der Waals surface area contributed by atoms with E-state index in [4.69, 9.17) is 11.6 Å². The molecular formula is C21H31ClN6S. The molecule has 3 rings (SSSR count). The number of guanidine groups is 1. The highest BCUT2D eigenvalue weighted by molar-refractivity contribution is 7.98. The summed E-state index contributed by atoms with van der Waals surface area (Å²) in [5.41, 5.74) is 1.03. The molecule has 158 valence electrons. The van der Waals surface area contributed by atoms with Gasteiger partial charge in [-0.2, -0.15) is 0 Å². The van der Waals surface area contributed by atoms with E-state index in [1.165, 1.54) is 25.7 Å². The van der Waals surface area contributed by atoms with Gasteiger partial charge < -0.3 is 15.2 Å². The maximum atomic E-state index is 6.23. The van der Waals surface area contributed by atoms with E-state index in [-0.39, 0.29) is 0 Å². The van der Waals surface area contributed by atoms with Gasteiger partial charge >= 0.3 is 0 Å². The topological polar surface area (TPSA) is 67.1 Å². The summed E-state index contributed by atoms with van der Waals surface area (Å²) in [6, 6.07) is 8.40. The molecule has 0 atom stereocenters. The molecule has 1 saturated carbocycles. The van der Waals surface area contributed by atoms with Crippen LogP contribution in [0.3, 0.4) is 0 Å². The third kappa shape index (κ3) is 6.12. The highest BCUT2D eigenvalue weighted by Gasteiger charge is 2.23. The number of aromatic nitrogens is 3. The lowest BCUT2D eigenvalue weighted by Crippen LogP contribution is -2.38. The van der Waals surface area contributed by atoms with Gasteiger partial charge in [-0.3, -0.25) is 0 Å². The fraction of sp³-hybridized carbons (Fsp3) is 0.571. The number of hydrogen-bond acceptors (Lipinski definition) is 4. The monoisotopic (exact) mass is 434 g/mol. The van der Waals surface area contributed by atoms with Gasteiger partial charge in [-0.15, -0.1) is 10.2 Å². The zero-order valence-electron chi connectivity index (χ0n) is 17.3. The van der Waals surface area contributed by atoms with Gasteiger partial charge in [0.25, 0.3) is 0 Å². The number of nitrogens with one attached hydrogen (secondary N) is 2. The van der Waals surface area contributed by atoms with Crippen molar-refractivity contribution in [3.05, 3.63) is 40.7 Å². The van der Waals surface area contributed by atoms with Gasteiger partial charge in [0.15, 0.2) is 11.1 Å². The molecule has 2 aromatic rings. The molecule has 0 amide bonds. The van der Waals surface area contributed by atoms with Crippen LogP contribution in [-0.2, 0) is 13.0 Å². The van der Waals surface area contributed by atoms with Crippen molar-refractivity contribution in [1.29, 1.82) is 0 Å². The molecule has 1 aromatic heterocycles. The van der Waals surface area contributed by atoms with E-state index < -0.39 is 0 Å². The van der Waals surface area contributed by atoms with Crippen LogP contribution in [-0.4, -0.2) is 40.1 Å². The molecule has 1 fully saturated rings. The minimum atomic E-state index is 0.558. The first-order chi connectivity index (χ1) is 14.2. The van der Waals surface area contributed by atoms with E-state index in [1.54, 1.807) is 11.8 Å². The molecular weight excluding hydrogens is 404 g/mol. The van der Waals surface area contributed by atoms with Crippen molar-refractivity contribution in [1.82, 2.24) is 25.4 Å². The molecule has 1 aliphatic rings. The van der Waals surface area contributed by atoms with Gasteiger partial charge in [-0.05, 0) is 44.1 Å². The lowest BCUT2D eigenvalue weighted by Gasteiger charge is -2.16. The molecule has 1 aromatic carbocycles. The Labute approximate surface area is 182 Å². The van der Waals surface area contributed by atoms with Crippen LogP contribution in [0.2, 0.25) is 5.02 Å². The van der Waals surface area contributed by atoms with Crippen LogP contribution in [0.25, 0.3) is 0 Å². The summed E-state index contributed by atoms with van der Waals surface area (Å²) in [5.74, 6) is 1.93. The Balaban J connectivity index is 1.53. The summed E-state index contributed by atoms with van der Waals surface area (Å²) < 4.78 is 2.38. The SMILES string of the molecule is CCNC(=NCc1ccccc1Cl)NCCCc1nnc(SC)n1C1CCCC1. The van der Waals surface area contributed by atoms with Gasteiger partial charge in [0.1, 0.15) is 5.82 Å². The van der Waals surface area contributed by atoms with Crippen LogP contribution in [0.15, 0.2) is 34.4 Å². The summed E-state index contributed by atoms with van der Waals surface area (Å²) in [6.07, 6.45) is 9.10. The summed E-state index contributed by atoms with van der Waals surface area (Å²) in [6.45, 7) is 4.28. The Morgan fingerprint density at radius 1 is 1.24 bits per heavy atom. The van der Waals surface area contributed by atoms with E-state index >= 15 is 0 Å². The van der Waals surface area contributed by atoms with Crippen molar-refractivity contribution in [2.24, 2.45) is 4.99 Å². The standard InChI is InChI=1S/C21H31ClN6S/c1-3-23-20(25-15-16-9-4-7-12-18(16)22)24-14-8-13-19-26-27-21(29-2)28(19)17-10-5-6-11-17/h4,7,9,12,17H,3,5-6,8,10-11,13-15H2,1-2H3,(H2,23,24,25).